The fourth-order valence-corrected chi connectivity index (χ4v) is 2.17. The highest BCUT2D eigenvalue weighted by atomic mass is 35.5. The molecule has 0 aromatic heterocycles. The summed E-state index contributed by atoms with van der Waals surface area (Å²) in [5.74, 6) is -0.869. The number of carbonyl (C=O) groups is 2. The summed E-state index contributed by atoms with van der Waals surface area (Å²) in [4.78, 5) is 24.0. The van der Waals surface area contributed by atoms with Crippen LogP contribution in [0.5, 0.6) is 0 Å². The molecule has 0 saturated carbocycles. The van der Waals surface area contributed by atoms with Crippen LogP contribution in [-0.2, 0) is 20.7 Å². The largest absolute Gasteiger partial charge is 0.452 e. The van der Waals surface area contributed by atoms with E-state index in [0.717, 1.165) is 5.56 Å². The summed E-state index contributed by atoms with van der Waals surface area (Å²) in [6.07, 6.45) is -0.853. The first-order chi connectivity index (χ1) is 11.0. The highest BCUT2D eigenvalue weighted by Crippen LogP contribution is 2.16. The highest BCUT2D eigenvalue weighted by molar-refractivity contribution is 6.31. The van der Waals surface area contributed by atoms with Crippen molar-refractivity contribution in [2.75, 3.05) is 5.32 Å². The fourth-order valence-electron chi connectivity index (χ4n) is 1.97. The van der Waals surface area contributed by atoms with E-state index in [0.29, 0.717) is 16.3 Å². The van der Waals surface area contributed by atoms with Gasteiger partial charge in [0.05, 0.1) is 6.42 Å². The SMILES string of the molecule is Cc1ccc(NC(=O)[C@H](C)OC(=O)Cc2ccccc2Cl)cc1. The zero-order valence-corrected chi connectivity index (χ0v) is 13.8. The first kappa shape index (κ1) is 17.0. The zero-order valence-electron chi connectivity index (χ0n) is 13.0. The Bertz CT molecular complexity index is 698. The van der Waals surface area contributed by atoms with Crippen LogP contribution in [0.15, 0.2) is 48.5 Å². The van der Waals surface area contributed by atoms with Crippen molar-refractivity contribution in [2.45, 2.75) is 26.4 Å². The van der Waals surface area contributed by atoms with Gasteiger partial charge in [0.1, 0.15) is 0 Å². The molecule has 0 heterocycles. The molecule has 2 rings (SSSR count). The third-order valence-electron chi connectivity index (χ3n) is 3.29. The van der Waals surface area contributed by atoms with Crippen molar-refractivity contribution in [1.29, 1.82) is 0 Å². The maximum Gasteiger partial charge on any atom is 0.311 e. The van der Waals surface area contributed by atoms with E-state index in [9.17, 15) is 9.59 Å². The molecule has 0 aliphatic carbocycles. The fraction of sp³-hybridized carbons (Fsp3) is 0.222. The molecule has 0 aliphatic rings. The molecule has 2 aromatic carbocycles. The van der Waals surface area contributed by atoms with E-state index in [1.165, 1.54) is 6.92 Å². The first-order valence-corrected chi connectivity index (χ1v) is 7.64. The molecule has 0 unspecified atom stereocenters. The second-order valence-electron chi connectivity index (χ2n) is 5.26. The molecule has 23 heavy (non-hydrogen) atoms. The maximum atomic E-state index is 12.0. The molecule has 0 aliphatic heterocycles. The summed E-state index contributed by atoms with van der Waals surface area (Å²) >= 11 is 6.00. The first-order valence-electron chi connectivity index (χ1n) is 7.26. The molecule has 4 nitrogen and oxygen atoms in total. The zero-order chi connectivity index (χ0) is 16.8. The third kappa shape index (κ3) is 5.11. The third-order valence-corrected chi connectivity index (χ3v) is 3.66. The van der Waals surface area contributed by atoms with Crippen molar-refractivity contribution < 1.29 is 14.3 Å². The molecule has 0 bridgehead atoms. The average Bonchev–Trinajstić information content (AvgIpc) is 2.51. The smallest absolute Gasteiger partial charge is 0.311 e. The number of hydrogen-bond acceptors (Lipinski definition) is 3. The van der Waals surface area contributed by atoms with Crippen molar-refractivity contribution in [1.82, 2.24) is 0 Å². The number of benzene rings is 2. The van der Waals surface area contributed by atoms with Gasteiger partial charge >= 0.3 is 5.97 Å². The lowest BCUT2D eigenvalue weighted by atomic mass is 10.1. The Morgan fingerprint density at radius 2 is 1.78 bits per heavy atom. The monoisotopic (exact) mass is 331 g/mol. The van der Waals surface area contributed by atoms with Gasteiger partial charge in [0.15, 0.2) is 6.10 Å². The minimum Gasteiger partial charge on any atom is -0.452 e. The van der Waals surface area contributed by atoms with Crippen LogP contribution >= 0.6 is 11.6 Å². The van der Waals surface area contributed by atoms with Crippen molar-refractivity contribution in [3.63, 3.8) is 0 Å². The molecule has 0 fully saturated rings. The number of rotatable bonds is 5. The van der Waals surface area contributed by atoms with E-state index in [2.05, 4.69) is 5.32 Å². The Kier molecular flexibility index (Phi) is 5.77. The summed E-state index contributed by atoms with van der Waals surface area (Å²) in [7, 11) is 0. The Hall–Kier alpha value is -2.33. The van der Waals surface area contributed by atoms with Crippen molar-refractivity contribution in [3.05, 3.63) is 64.7 Å². The number of anilines is 1. The molecular weight excluding hydrogens is 314 g/mol. The van der Waals surface area contributed by atoms with Gasteiger partial charge in [-0.3, -0.25) is 9.59 Å². The van der Waals surface area contributed by atoms with Crippen LogP contribution in [0.4, 0.5) is 5.69 Å². The minimum atomic E-state index is -0.883. The van der Waals surface area contributed by atoms with Gasteiger partial charge in [-0.15, -0.1) is 0 Å². The second-order valence-corrected chi connectivity index (χ2v) is 5.66. The molecule has 0 spiro atoms. The highest BCUT2D eigenvalue weighted by Gasteiger charge is 2.18. The number of carbonyl (C=O) groups excluding carboxylic acids is 2. The summed E-state index contributed by atoms with van der Waals surface area (Å²) < 4.78 is 5.16. The van der Waals surface area contributed by atoms with Gasteiger partial charge in [0.2, 0.25) is 0 Å². The van der Waals surface area contributed by atoms with Gasteiger partial charge in [-0.05, 0) is 37.6 Å². The van der Waals surface area contributed by atoms with E-state index >= 15 is 0 Å². The summed E-state index contributed by atoms with van der Waals surface area (Å²) in [5, 5.41) is 3.21. The number of aryl methyl sites for hydroxylation is 1. The van der Waals surface area contributed by atoms with Crippen LogP contribution in [0.1, 0.15) is 18.1 Å². The van der Waals surface area contributed by atoms with Gasteiger partial charge in [0, 0.05) is 10.7 Å². The maximum absolute atomic E-state index is 12.0. The summed E-state index contributed by atoms with van der Waals surface area (Å²) in [6, 6.07) is 14.4. The van der Waals surface area contributed by atoms with Gasteiger partial charge < -0.3 is 10.1 Å². The predicted molar refractivity (Wildman–Crippen MR) is 90.5 cm³/mol. The van der Waals surface area contributed by atoms with E-state index in [4.69, 9.17) is 16.3 Å². The number of nitrogens with one attached hydrogen (secondary N) is 1. The lowest BCUT2D eigenvalue weighted by molar-refractivity contribution is -0.152. The summed E-state index contributed by atoms with van der Waals surface area (Å²) in [5.41, 5.74) is 2.43. The lowest BCUT2D eigenvalue weighted by Gasteiger charge is -2.14. The van der Waals surface area contributed by atoms with Gasteiger partial charge in [-0.25, -0.2) is 0 Å². The van der Waals surface area contributed by atoms with Gasteiger partial charge in [-0.1, -0.05) is 47.5 Å². The van der Waals surface area contributed by atoms with Crippen LogP contribution in [0, 0.1) is 6.92 Å². The van der Waals surface area contributed by atoms with Crippen molar-refractivity contribution >= 4 is 29.2 Å². The number of esters is 1. The van der Waals surface area contributed by atoms with Crippen LogP contribution in [0.25, 0.3) is 0 Å². The second kappa shape index (κ2) is 7.79. The molecule has 1 amide bonds. The van der Waals surface area contributed by atoms with Gasteiger partial charge in [-0.2, -0.15) is 0 Å². The predicted octanol–water partition coefficient (Wildman–Crippen LogP) is 3.76. The molecule has 2 aromatic rings. The van der Waals surface area contributed by atoms with Crippen molar-refractivity contribution in [2.24, 2.45) is 0 Å². The quantitative estimate of drug-likeness (QED) is 0.849. The Morgan fingerprint density at radius 3 is 2.43 bits per heavy atom. The average molecular weight is 332 g/mol. The number of amides is 1. The van der Waals surface area contributed by atoms with E-state index in [-0.39, 0.29) is 12.3 Å². The number of halogens is 1. The van der Waals surface area contributed by atoms with Gasteiger partial charge in [0.25, 0.3) is 5.91 Å². The number of hydrogen-bond donors (Lipinski definition) is 1. The Labute approximate surface area is 140 Å². The van der Waals surface area contributed by atoms with Crippen LogP contribution in [-0.4, -0.2) is 18.0 Å². The summed E-state index contributed by atoms with van der Waals surface area (Å²) in [6.45, 7) is 3.50. The molecule has 1 atom stereocenters. The lowest BCUT2D eigenvalue weighted by Crippen LogP contribution is -2.30. The minimum absolute atomic E-state index is 0.0296. The molecule has 5 heteroatoms. The standard InChI is InChI=1S/C18H18ClNO3/c1-12-7-9-15(10-8-12)20-18(22)13(2)23-17(21)11-14-5-3-4-6-16(14)19/h3-10,13H,11H2,1-2H3,(H,20,22)/t13-/m0/s1. The van der Waals surface area contributed by atoms with E-state index < -0.39 is 12.1 Å². The van der Waals surface area contributed by atoms with Crippen LogP contribution in [0.2, 0.25) is 5.02 Å². The van der Waals surface area contributed by atoms with Crippen LogP contribution in [0.3, 0.4) is 0 Å². The van der Waals surface area contributed by atoms with Crippen molar-refractivity contribution in [3.8, 4) is 0 Å². The molecule has 0 radical (unpaired) electrons. The molecule has 120 valence electrons. The Morgan fingerprint density at radius 1 is 1.13 bits per heavy atom. The molecular formula is C18H18ClNO3. The number of ether oxygens (including phenoxy) is 1. The molecule has 0 saturated heterocycles. The normalized spacial score (nSPS) is 11.6. The van der Waals surface area contributed by atoms with E-state index in [1.807, 2.05) is 19.1 Å². The van der Waals surface area contributed by atoms with Crippen LogP contribution < -0.4 is 5.32 Å². The van der Waals surface area contributed by atoms with E-state index in [1.54, 1.807) is 36.4 Å². The molecule has 1 N–H and O–H groups in total. The topological polar surface area (TPSA) is 55.4 Å². The Balaban J connectivity index is 1.89.